The first kappa shape index (κ1) is 18.9. The van der Waals surface area contributed by atoms with Crippen LogP contribution in [0.5, 0.6) is 0 Å². The zero-order valence-corrected chi connectivity index (χ0v) is 15.7. The summed E-state index contributed by atoms with van der Waals surface area (Å²) in [5, 5.41) is 5.04. The highest BCUT2D eigenvalue weighted by molar-refractivity contribution is 6.07. The molecule has 2 aliphatic rings. The number of imide groups is 1. The summed E-state index contributed by atoms with van der Waals surface area (Å²) in [5.41, 5.74) is -0.445. The van der Waals surface area contributed by atoms with Gasteiger partial charge < -0.3 is 19.7 Å². The van der Waals surface area contributed by atoms with Gasteiger partial charge in [0.05, 0.1) is 6.33 Å². The Morgan fingerprint density at radius 2 is 2.04 bits per heavy atom. The van der Waals surface area contributed by atoms with Gasteiger partial charge in [0, 0.05) is 27.7 Å². The van der Waals surface area contributed by atoms with Gasteiger partial charge in [0.15, 0.2) is 11.5 Å². The smallest absolute Gasteiger partial charge is 0.322 e. The Hall–Kier alpha value is -2.91. The van der Waals surface area contributed by atoms with E-state index in [1.807, 2.05) is 0 Å². The Kier molecular flexibility index (Phi) is 4.90. The fourth-order valence-electron chi connectivity index (χ4n) is 3.86. The summed E-state index contributed by atoms with van der Waals surface area (Å²) in [5.74, 6) is 0.0744. The van der Waals surface area contributed by atoms with Crippen LogP contribution in [0, 0.1) is 5.92 Å². The van der Waals surface area contributed by atoms with Crippen LogP contribution >= 0.6 is 0 Å². The van der Waals surface area contributed by atoms with Crippen molar-refractivity contribution in [1.82, 2.24) is 25.1 Å². The highest BCUT2D eigenvalue weighted by Gasteiger charge is 2.48. The minimum Gasteiger partial charge on any atom is -0.340 e. The van der Waals surface area contributed by atoms with E-state index in [0.29, 0.717) is 37.3 Å². The molecule has 10 heteroatoms. The maximum Gasteiger partial charge on any atom is 0.322 e. The van der Waals surface area contributed by atoms with Gasteiger partial charge in [-0.25, -0.2) is 9.78 Å². The number of imidazole rings is 1. The number of carbonyl (C=O) groups is 4. The Bertz CT molecular complexity index is 780. The highest BCUT2D eigenvalue weighted by atomic mass is 16.2. The van der Waals surface area contributed by atoms with Crippen LogP contribution in [-0.2, 0) is 16.6 Å². The number of nitrogens with one attached hydrogen (secondary N) is 2. The average molecular weight is 376 g/mol. The van der Waals surface area contributed by atoms with Crippen molar-refractivity contribution < 1.29 is 19.2 Å². The Morgan fingerprint density at radius 3 is 2.59 bits per heavy atom. The molecule has 1 saturated carbocycles. The lowest BCUT2D eigenvalue weighted by atomic mass is 9.76. The second kappa shape index (κ2) is 7.01. The summed E-state index contributed by atoms with van der Waals surface area (Å²) in [6, 6.07) is -0.436. The van der Waals surface area contributed by atoms with E-state index in [0.717, 1.165) is 12.8 Å². The first-order valence-corrected chi connectivity index (χ1v) is 8.86. The van der Waals surface area contributed by atoms with Crippen LogP contribution in [0.3, 0.4) is 0 Å². The molecule has 0 unspecified atom stereocenters. The monoisotopic (exact) mass is 376 g/mol. The number of anilines is 1. The molecule has 2 heterocycles. The van der Waals surface area contributed by atoms with Crippen molar-refractivity contribution in [1.29, 1.82) is 0 Å². The molecule has 2 N–H and O–H groups in total. The molecule has 1 spiro atoms. The van der Waals surface area contributed by atoms with Gasteiger partial charge in [-0.2, -0.15) is 0 Å². The molecule has 3 rings (SSSR count). The van der Waals surface area contributed by atoms with Crippen LogP contribution in [0.2, 0.25) is 0 Å². The third kappa shape index (κ3) is 3.38. The van der Waals surface area contributed by atoms with Crippen LogP contribution in [0.4, 0.5) is 10.6 Å². The number of aromatic nitrogens is 2. The fraction of sp³-hybridized carbons (Fsp3) is 0.588. The molecular formula is C17H24N6O4. The standard InChI is InChI=1S/C17H24N6O4/c1-21(14(25)12-13(23(3)10-24)18-9-22(12)2)8-11-4-6-17(7-5-11)15(26)19-16(27)20-17/h9-11H,4-8H2,1-3H3,(H2,19,20,26,27). The molecule has 27 heavy (non-hydrogen) atoms. The van der Waals surface area contributed by atoms with Crippen LogP contribution in [-0.4, -0.2) is 64.9 Å². The Balaban J connectivity index is 1.64. The van der Waals surface area contributed by atoms with Crippen molar-refractivity contribution in [2.75, 3.05) is 25.5 Å². The summed E-state index contributed by atoms with van der Waals surface area (Å²) in [6.45, 7) is 0.528. The SMILES string of the molecule is CN(CC1CCC2(CC1)NC(=O)NC2=O)C(=O)c1c(N(C)C=O)ncn1C. The van der Waals surface area contributed by atoms with Crippen molar-refractivity contribution in [2.45, 2.75) is 31.2 Å². The van der Waals surface area contributed by atoms with Gasteiger partial charge >= 0.3 is 6.03 Å². The van der Waals surface area contributed by atoms with Crippen LogP contribution in [0.25, 0.3) is 0 Å². The summed E-state index contributed by atoms with van der Waals surface area (Å²) in [7, 11) is 4.98. The second-order valence-corrected chi connectivity index (χ2v) is 7.36. The van der Waals surface area contributed by atoms with E-state index >= 15 is 0 Å². The summed E-state index contributed by atoms with van der Waals surface area (Å²) < 4.78 is 1.60. The predicted octanol–water partition coefficient (Wildman–Crippen LogP) is -0.147. The average Bonchev–Trinajstić information content (AvgIpc) is 3.15. The molecule has 1 aromatic rings. The second-order valence-electron chi connectivity index (χ2n) is 7.36. The largest absolute Gasteiger partial charge is 0.340 e. The van der Waals surface area contributed by atoms with Crippen molar-refractivity contribution in [3.8, 4) is 0 Å². The molecule has 5 amide bonds. The van der Waals surface area contributed by atoms with E-state index in [-0.39, 0.29) is 17.7 Å². The van der Waals surface area contributed by atoms with E-state index in [1.54, 1.807) is 30.6 Å². The molecule has 1 aliphatic heterocycles. The molecule has 1 aliphatic carbocycles. The topological polar surface area (TPSA) is 117 Å². The molecule has 1 saturated heterocycles. The molecule has 0 radical (unpaired) electrons. The maximum absolute atomic E-state index is 12.9. The summed E-state index contributed by atoms with van der Waals surface area (Å²) >= 11 is 0. The third-order valence-corrected chi connectivity index (χ3v) is 5.46. The number of hydrogen-bond donors (Lipinski definition) is 2. The number of amides is 5. The van der Waals surface area contributed by atoms with E-state index in [2.05, 4.69) is 15.6 Å². The van der Waals surface area contributed by atoms with Gasteiger partial charge in [0.25, 0.3) is 11.8 Å². The lowest BCUT2D eigenvalue weighted by molar-refractivity contribution is -0.125. The molecule has 0 aromatic carbocycles. The maximum atomic E-state index is 12.9. The van der Waals surface area contributed by atoms with Gasteiger partial charge in [0.1, 0.15) is 5.54 Å². The van der Waals surface area contributed by atoms with Crippen LogP contribution in [0.15, 0.2) is 6.33 Å². The lowest BCUT2D eigenvalue weighted by Crippen LogP contribution is -2.50. The predicted molar refractivity (Wildman–Crippen MR) is 96.0 cm³/mol. The van der Waals surface area contributed by atoms with Crippen LogP contribution < -0.4 is 15.5 Å². The summed E-state index contributed by atoms with van der Waals surface area (Å²) in [4.78, 5) is 54.4. The number of nitrogens with zero attached hydrogens (tertiary/aromatic N) is 4. The molecule has 1 aromatic heterocycles. The normalized spacial score (nSPS) is 24.5. The molecule has 0 bridgehead atoms. The zero-order chi connectivity index (χ0) is 19.8. The quantitative estimate of drug-likeness (QED) is 0.548. The van der Waals surface area contributed by atoms with Gasteiger partial charge in [0.2, 0.25) is 6.41 Å². The van der Waals surface area contributed by atoms with Crippen molar-refractivity contribution >= 4 is 30.1 Å². The van der Waals surface area contributed by atoms with E-state index < -0.39 is 11.6 Å². The minimum absolute atomic E-state index is 0.217. The van der Waals surface area contributed by atoms with Gasteiger partial charge in [-0.05, 0) is 31.6 Å². The van der Waals surface area contributed by atoms with Gasteiger partial charge in [-0.15, -0.1) is 0 Å². The number of urea groups is 1. The first-order valence-electron chi connectivity index (χ1n) is 8.86. The molecular weight excluding hydrogens is 352 g/mol. The fourth-order valence-corrected chi connectivity index (χ4v) is 3.86. The molecule has 146 valence electrons. The number of aryl methyl sites for hydroxylation is 1. The van der Waals surface area contributed by atoms with E-state index in [4.69, 9.17) is 0 Å². The lowest BCUT2D eigenvalue weighted by Gasteiger charge is -2.36. The van der Waals surface area contributed by atoms with Crippen LogP contribution in [0.1, 0.15) is 36.2 Å². The highest BCUT2D eigenvalue weighted by Crippen LogP contribution is 2.34. The molecule has 0 atom stereocenters. The van der Waals surface area contributed by atoms with Crippen molar-refractivity contribution in [3.05, 3.63) is 12.0 Å². The first-order chi connectivity index (χ1) is 12.8. The minimum atomic E-state index is -0.794. The molecule has 10 nitrogen and oxygen atoms in total. The Morgan fingerprint density at radius 1 is 1.37 bits per heavy atom. The van der Waals surface area contributed by atoms with Gasteiger partial charge in [-0.3, -0.25) is 19.7 Å². The summed E-state index contributed by atoms with van der Waals surface area (Å²) in [6.07, 6.45) is 4.70. The third-order valence-electron chi connectivity index (χ3n) is 5.46. The van der Waals surface area contributed by atoms with E-state index in [1.165, 1.54) is 11.2 Å². The number of rotatable bonds is 5. The Labute approximate surface area is 156 Å². The zero-order valence-electron chi connectivity index (χ0n) is 15.7. The molecule has 2 fully saturated rings. The van der Waals surface area contributed by atoms with Gasteiger partial charge in [-0.1, -0.05) is 0 Å². The number of carbonyl (C=O) groups excluding carboxylic acids is 4. The van der Waals surface area contributed by atoms with Crippen molar-refractivity contribution in [2.24, 2.45) is 13.0 Å². The number of hydrogen-bond acceptors (Lipinski definition) is 5. The van der Waals surface area contributed by atoms with Crippen molar-refractivity contribution in [3.63, 3.8) is 0 Å². The van der Waals surface area contributed by atoms with E-state index in [9.17, 15) is 19.2 Å².